The molecule has 0 aromatic heterocycles. The Kier molecular flexibility index (Phi) is 8.43. The monoisotopic (exact) mass is 549 g/mol. The minimum atomic E-state index is -3.67. The van der Waals surface area contributed by atoms with Gasteiger partial charge in [0.05, 0.1) is 18.0 Å². The quantitative estimate of drug-likeness (QED) is 0.505. The highest BCUT2D eigenvalue weighted by Gasteiger charge is 2.45. The zero-order valence-electron chi connectivity index (χ0n) is 16.2. The normalized spacial score (nSPS) is 23.8. The van der Waals surface area contributed by atoms with Crippen LogP contribution in [0.25, 0.3) is 0 Å². The molecule has 2 aromatic carbocycles. The lowest BCUT2D eigenvalue weighted by Gasteiger charge is -2.46. The van der Waals surface area contributed by atoms with Gasteiger partial charge in [0.25, 0.3) is 10.1 Å². The van der Waals surface area contributed by atoms with Crippen molar-refractivity contribution in [3.8, 4) is 0 Å². The van der Waals surface area contributed by atoms with Crippen LogP contribution in [0.2, 0.25) is 0 Å². The third-order valence-corrected chi connectivity index (χ3v) is 5.99. The van der Waals surface area contributed by atoms with Crippen LogP contribution in [0.1, 0.15) is 23.7 Å². The summed E-state index contributed by atoms with van der Waals surface area (Å²) in [5, 5.41) is 22.5. The summed E-state index contributed by atoms with van der Waals surface area (Å²) >= 11 is 6.86. The molecule has 160 valence electrons. The molecule has 6 nitrogen and oxygen atoms in total. The zero-order valence-corrected chi connectivity index (χ0v) is 20.2. The van der Waals surface area contributed by atoms with Gasteiger partial charge in [-0.15, -0.1) is 0 Å². The number of aliphatic hydroxyl groups is 2. The second kappa shape index (κ2) is 10.00. The van der Waals surface area contributed by atoms with Crippen molar-refractivity contribution in [3.05, 3.63) is 68.6 Å². The van der Waals surface area contributed by atoms with Gasteiger partial charge in [-0.05, 0) is 48.9 Å². The summed E-state index contributed by atoms with van der Waals surface area (Å²) in [5.74, 6) is -0.293. The van der Waals surface area contributed by atoms with Crippen molar-refractivity contribution in [2.45, 2.75) is 18.1 Å². The molecule has 0 amide bonds. The average molecular weight is 551 g/mol. The standard InChI is InChI=1S/C19H21Br2NO2.CH4O3S/c1-22-11-10-19(24,14-4-8-16(21)9-5-14)17(12-22)18(23)13-2-6-15(20)7-3-13;1-5(2,3)4/h2-9,17-18,23-24H,10-12H2,1H3;1H3,(H,2,3,4). The van der Waals surface area contributed by atoms with Crippen molar-refractivity contribution < 1.29 is 23.2 Å². The molecule has 3 rings (SSSR count). The number of likely N-dealkylation sites (tertiary alicyclic amines) is 1. The van der Waals surface area contributed by atoms with Crippen LogP contribution in [0.4, 0.5) is 0 Å². The number of hydrogen-bond acceptors (Lipinski definition) is 5. The van der Waals surface area contributed by atoms with E-state index in [1.807, 2.05) is 55.6 Å². The molecule has 0 bridgehead atoms. The fourth-order valence-electron chi connectivity index (χ4n) is 3.47. The summed E-state index contributed by atoms with van der Waals surface area (Å²) in [6.45, 7) is 1.44. The summed E-state index contributed by atoms with van der Waals surface area (Å²) in [6, 6.07) is 15.4. The largest absolute Gasteiger partial charge is 0.388 e. The smallest absolute Gasteiger partial charge is 0.261 e. The number of halogens is 2. The third kappa shape index (κ3) is 7.13. The maximum Gasteiger partial charge on any atom is 0.261 e. The summed E-state index contributed by atoms with van der Waals surface area (Å²) in [6.07, 6.45) is 0.589. The van der Waals surface area contributed by atoms with E-state index >= 15 is 0 Å². The number of piperidine rings is 1. The lowest BCUT2D eigenvalue weighted by atomic mass is 9.72. The lowest BCUT2D eigenvalue weighted by Crippen LogP contribution is -2.51. The van der Waals surface area contributed by atoms with Gasteiger partial charge < -0.3 is 15.1 Å². The van der Waals surface area contributed by atoms with Gasteiger partial charge >= 0.3 is 0 Å². The second-order valence-electron chi connectivity index (χ2n) is 7.28. The molecule has 0 spiro atoms. The number of nitrogens with zero attached hydrogens (tertiary/aromatic N) is 1. The highest BCUT2D eigenvalue weighted by Crippen LogP contribution is 2.43. The minimum Gasteiger partial charge on any atom is -0.388 e. The van der Waals surface area contributed by atoms with E-state index in [0.717, 1.165) is 26.6 Å². The molecule has 3 N–H and O–H groups in total. The van der Waals surface area contributed by atoms with E-state index in [4.69, 9.17) is 4.55 Å². The van der Waals surface area contributed by atoms with Crippen molar-refractivity contribution in [1.29, 1.82) is 0 Å². The van der Waals surface area contributed by atoms with E-state index in [2.05, 4.69) is 36.8 Å². The van der Waals surface area contributed by atoms with Crippen molar-refractivity contribution in [1.82, 2.24) is 4.90 Å². The maximum absolute atomic E-state index is 11.5. The first-order valence-electron chi connectivity index (χ1n) is 8.93. The SMILES string of the molecule is CN1CCC(O)(c2ccc(Br)cc2)C(C(O)c2ccc(Br)cc2)C1.CS(=O)(=O)O. The maximum atomic E-state index is 11.5. The summed E-state index contributed by atoms with van der Waals surface area (Å²) in [4.78, 5) is 2.17. The van der Waals surface area contributed by atoms with Gasteiger partial charge in [0.1, 0.15) is 0 Å². The number of hydrogen-bond donors (Lipinski definition) is 3. The molecule has 0 radical (unpaired) electrons. The van der Waals surface area contributed by atoms with Crippen LogP contribution in [0.15, 0.2) is 57.5 Å². The van der Waals surface area contributed by atoms with Crippen LogP contribution >= 0.6 is 31.9 Å². The Bertz CT molecular complexity index is 897. The highest BCUT2D eigenvalue weighted by molar-refractivity contribution is 9.10. The highest BCUT2D eigenvalue weighted by atomic mass is 79.9. The Labute approximate surface area is 188 Å². The van der Waals surface area contributed by atoms with Gasteiger partial charge in [-0.3, -0.25) is 4.55 Å². The van der Waals surface area contributed by atoms with Gasteiger partial charge in [0, 0.05) is 28.0 Å². The van der Waals surface area contributed by atoms with E-state index in [9.17, 15) is 18.6 Å². The van der Waals surface area contributed by atoms with Crippen LogP contribution in [-0.4, -0.2) is 54.5 Å². The van der Waals surface area contributed by atoms with Gasteiger partial charge in [-0.2, -0.15) is 8.42 Å². The molecule has 1 aliphatic rings. The van der Waals surface area contributed by atoms with Crippen LogP contribution in [0.3, 0.4) is 0 Å². The van der Waals surface area contributed by atoms with Crippen molar-refractivity contribution in [2.24, 2.45) is 5.92 Å². The molecule has 1 saturated heterocycles. The molecule has 1 aliphatic heterocycles. The summed E-state index contributed by atoms with van der Waals surface area (Å²) < 4.78 is 27.8. The molecule has 9 heteroatoms. The molecule has 29 heavy (non-hydrogen) atoms. The molecular weight excluding hydrogens is 526 g/mol. The van der Waals surface area contributed by atoms with E-state index in [1.165, 1.54) is 0 Å². The van der Waals surface area contributed by atoms with Crippen molar-refractivity contribution in [2.75, 3.05) is 26.4 Å². The fraction of sp³-hybridized carbons (Fsp3) is 0.400. The average Bonchev–Trinajstić information content (AvgIpc) is 2.63. The Hall–Kier alpha value is -0.810. The van der Waals surface area contributed by atoms with E-state index in [-0.39, 0.29) is 5.92 Å². The van der Waals surface area contributed by atoms with Crippen molar-refractivity contribution in [3.63, 3.8) is 0 Å². The van der Waals surface area contributed by atoms with Crippen molar-refractivity contribution >= 4 is 42.0 Å². The number of rotatable bonds is 3. The van der Waals surface area contributed by atoms with E-state index < -0.39 is 21.8 Å². The summed E-state index contributed by atoms with van der Waals surface area (Å²) in [7, 11) is -1.64. The second-order valence-corrected chi connectivity index (χ2v) is 10.6. The summed E-state index contributed by atoms with van der Waals surface area (Å²) in [5.41, 5.74) is 0.647. The van der Waals surface area contributed by atoms with Crippen LogP contribution in [0, 0.1) is 5.92 Å². The number of aliphatic hydroxyl groups excluding tert-OH is 1. The Morgan fingerprint density at radius 1 is 1.07 bits per heavy atom. The molecule has 1 fully saturated rings. The Morgan fingerprint density at radius 3 is 2.00 bits per heavy atom. The fourth-order valence-corrected chi connectivity index (χ4v) is 4.00. The van der Waals surface area contributed by atoms with Crippen LogP contribution in [-0.2, 0) is 15.7 Å². The van der Waals surface area contributed by atoms with E-state index in [1.54, 1.807) is 0 Å². The molecule has 0 saturated carbocycles. The van der Waals surface area contributed by atoms with Crippen LogP contribution in [0.5, 0.6) is 0 Å². The Morgan fingerprint density at radius 2 is 1.52 bits per heavy atom. The Balaban J connectivity index is 0.000000537. The molecule has 0 aliphatic carbocycles. The molecule has 1 heterocycles. The minimum absolute atomic E-state index is 0.293. The molecular formula is C20H25Br2NO5S. The predicted octanol–water partition coefficient (Wildman–Crippen LogP) is 3.59. The zero-order chi connectivity index (χ0) is 21.8. The van der Waals surface area contributed by atoms with Gasteiger partial charge in [0.2, 0.25) is 0 Å². The predicted molar refractivity (Wildman–Crippen MR) is 120 cm³/mol. The molecule has 3 atom stereocenters. The van der Waals surface area contributed by atoms with Gasteiger partial charge in [-0.1, -0.05) is 56.1 Å². The van der Waals surface area contributed by atoms with E-state index in [0.29, 0.717) is 19.2 Å². The first-order chi connectivity index (χ1) is 13.4. The van der Waals surface area contributed by atoms with Gasteiger partial charge in [-0.25, -0.2) is 0 Å². The number of benzene rings is 2. The molecule has 3 unspecified atom stereocenters. The topological polar surface area (TPSA) is 98.1 Å². The first-order valence-corrected chi connectivity index (χ1v) is 12.4. The molecule has 2 aromatic rings. The first kappa shape index (κ1) is 24.5. The van der Waals surface area contributed by atoms with Gasteiger partial charge in [0.15, 0.2) is 0 Å². The van der Waals surface area contributed by atoms with Crippen LogP contribution < -0.4 is 0 Å². The third-order valence-electron chi connectivity index (χ3n) is 4.93. The lowest BCUT2D eigenvalue weighted by molar-refractivity contribution is -0.118.